The molecule has 2 nitrogen and oxygen atoms in total. The van der Waals surface area contributed by atoms with E-state index in [1.807, 2.05) is 52.0 Å². The third kappa shape index (κ3) is 3.25. The molecule has 1 aromatic heterocycles. The van der Waals surface area contributed by atoms with E-state index in [-0.39, 0.29) is 11.5 Å². The van der Waals surface area contributed by atoms with Crippen molar-refractivity contribution in [3.63, 3.8) is 0 Å². The molecule has 2 rings (SSSR count). The van der Waals surface area contributed by atoms with Gasteiger partial charge in [-0.25, -0.2) is 0 Å². The van der Waals surface area contributed by atoms with Crippen molar-refractivity contribution in [3.05, 3.63) is 50.7 Å². The first-order valence-electron chi connectivity index (χ1n) is 6.44. The van der Waals surface area contributed by atoms with Gasteiger partial charge in [0.2, 0.25) is 0 Å². The summed E-state index contributed by atoms with van der Waals surface area (Å²) in [6, 6.07) is 7.59. The Hall–Kier alpha value is -1.26. The molecule has 1 atom stereocenters. The van der Waals surface area contributed by atoms with Gasteiger partial charge in [-0.2, -0.15) is 0 Å². The monoisotopic (exact) mass is 306 g/mol. The van der Waals surface area contributed by atoms with Crippen LogP contribution < -0.4 is 0 Å². The topological polar surface area (TPSA) is 34.1 Å². The van der Waals surface area contributed by atoms with Crippen LogP contribution in [0.4, 0.5) is 0 Å². The van der Waals surface area contributed by atoms with E-state index in [0.29, 0.717) is 5.56 Å². The van der Waals surface area contributed by atoms with Crippen LogP contribution in [0.15, 0.2) is 29.2 Å². The molecule has 0 fully saturated rings. The first-order valence-corrected chi connectivity index (χ1v) is 8.58. The van der Waals surface area contributed by atoms with E-state index < -0.39 is 10.8 Å². The van der Waals surface area contributed by atoms with Crippen LogP contribution in [0.3, 0.4) is 0 Å². The van der Waals surface area contributed by atoms with Gasteiger partial charge in [-0.15, -0.1) is 11.3 Å². The minimum Gasteiger partial charge on any atom is -0.293 e. The van der Waals surface area contributed by atoms with Crippen molar-refractivity contribution in [1.82, 2.24) is 0 Å². The Morgan fingerprint density at radius 3 is 2.35 bits per heavy atom. The highest BCUT2D eigenvalue weighted by Crippen LogP contribution is 2.22. The van der Waals surface area contributed by atoms with E-state index in [4.69, 9.17) is 0 Å². The van der Waals surface area contributed by atoms with Crippen LogP contribution >= 0.6 is 11.3 Å². The fraction of sp³-hybridized carbons (Fsp3) is 0.312. The Balaban J connectivity index is 2.17. The Kier molecular flexibility index (Phi) is 4.55. The van der Waals surface area contributed by atoms with Gasteiger partial charge < -0.3 is 0 Å². The molecule has 0 saturated heterocycles. The van der Waals surface area contributed by atoms with E-state index in [9.17, 15) is 9.00 Å². The van der Waals surface area contributed by atoms with Crippen molar-refractivity contribution in [2.45, 2.75) is 32.6 Å². The maximum atomic E-state index is 12.3. The Morgan fingerprint density at radius 1 is 1.10 bits per heavy atom. The smallest absolute Gasteiger partial charge is 0.176 e. The average Bonchev–Trinajstić information content (AvgIpc) is 2.71. The Labute approximate surface area is 126 Å². The zero-order chi connectivity index (χ0) is 14.9. The molecule has 1 aromatic carbocycles. The van der Waals surface area contributed by atoms with Gasteiger partial charge in [-0.05, 0) is 57.0 Å². The van der Waals surface area contributed by atoms with Crippen molar-refractivity contribution in [3.8, 4) is 0 Å². The molecule has 106 valence electrons. The summed E-state index contributed by atoms with van der Waals surface area (Å²) in [7, 11) is -1.28. The van der Waals surface area contributed by atoms with Gasteiger partial charge in [0.05, 0.1) is 16.6 Å². The molecule has 0 aliphatic carbocycles. The minimum atomic E-state index is -1.28. The van der Waals surface area contributed by atoms with Gasteiger partial charge in [-0.3, -0.25) is 9.00 Å². The number of carbonyl (C=O) groups is 1. The number of thiophene rings is 1. The van der Waals surface area contributed by atoms with Crippen LogP contribution in [0.25, 0.3) is 0 Å². The summed E-state index contributed by atoms with van der Waals surface area (Å²) in [4.78, 5) is 15.1. The van der Waals surface area contributed by atoms with E-state index in [1.54, 1.807) is 11.3 Å². The quantitative estimate of drug-likeness (QED) is 0.801. The molecule has 4 heteroatoms. The molecule has 0 radical (unpaired) electrons. The molecule has 2 aromatic rings. The van der Waals surface area contributed by atoms with Crippen LogP contribution in [-0.4, -0.2) is 15.7 Å². The van der Waals surface area contributed by atoms with Crippen molar-refractivity contribution in [2.24, 2.45) is 0 Å². The molecule has 0 amide bonds. The summed E-state index contributed by atoms with van der Waals surface area (Å²) in [5.41, 5.74) is 2.98. The molecule has 1 heterocycles. The van der Waals surface area contributed by atoms with Crippen LogP contribution in [0, 0.1) is 27.7 Å². The van der Waals surface area contributed by atoms with Crippen LogP contribution in [0.5, 0.6) is 0 Å². The van der Waals surface area contributed by atoms with Crippen LogP contribution in [0.2, 0.25) is 0 Å². The molecule has 0 aliphatic heterocycles. The molecule has 0 bridgehead atoms. The van der Waals surface area contributed by atoms with Gasteiger partial charge in [-0.1, -0.05) is 6.07 Å². The average molecular weight is 306 g/mol. The van der Waals surface area contributed by atoms with Gasteiger partial charge in [0.1, 0.15) is 0 Å². The zero-order valence-corrected chi connectivity index (χ0v) is 13.8. The van der Waals surface area contributed by atoms with Gasteiger partial charge in [0.25, 0.3) is 0 Å². The molecule has 0 N–H and O–H groups in total. The lowest BCUT2D eigenvalue weighted by Gasteiger charge is -2.05. The number of hydrogen-bond donors (Lipinski definition) is 0. The summed E-state index contributed by atoms with van der Waals surface area (Å²) in [6.45, 7) is 7.92. The Morgan fingerprint density at radius 2 is 1.80 bits per heavy atom. The van der Waals surface area contributed by atoms with E-state index in [1.165, 1.54) is 5.56 Å². The normalized spacial score (nSPS) is 12.4. The van der Waals surface area contributed by atoms with E-state index in [0.717, 1.165) is 20.2 Å². The summed E-state index contributed by atoms with van der Waals surface area (Å²) in [5.74, 6) is 0.0166. The van der Waals surface area contributed by atoms with Crippen LogP contribution in [-0.2, 0) is 10.8 Å². The maximum Gasteiger partial charge on any atom is 0.176 e. The number of ketones is 1. The summed E-state index contributed by atoms with van der Waals surface area (Å²) in [6.07, 6.45) is 0. The lowest BCUT2D eigenvalue weighted by Crippen LogP contribution is -2.11. The van der Waals surface area contributed by atoms with Crippen molar-refractivity contribution in [2.75, 3.05) is 5.75 Å². The van der Waals surface area contributed by atoms with Crippen molar-refractivity contribution < 1.29 is 9.00 Å². The predicted octanol–water partition coefficient (Wildman–Crippen LogP) is 3.97. The third-order valence-corrected chi connectivity index (χ3v) is 5.61. The van der Waals surface area contributed by atoms with Crippen molar-refractivity contribution >= 4 is 27.9 Å². The number of rotatable bonds is 4. The second kappa shape index (κ2) is 6.02. The molecule has 0 saturated carbocycles. The number of hydrogen-bond acceptors (Lipinski definition) is 3. The van der Waals surface area contributed by atoms with E-state index >= 15 is 0 Å². The minimum absolute atomic E-state index is 0.0385. The largest absolute Gasteiger partial charge is 0.293 e. The lowest BCUT2D eigenvalue weighted by molar-refractivity contribution is 0.102. The highest BCUT2D eigenvalue weighted by molar-refractivity contribution is 7.85. The molecule has 0 aliphatic rings. The fourth-order valence-corrected chi connectivity index (χ4v) is 4.07. The Bertz CT molecular complexity index is 684. The second-order valence-corrected chi connectivity index (χ2v) is 7.90. The number of benzene rings is 1. The fourth-order valence-electron chi connectivity index (χ4n) is 2.04. The standard InChI is InChI=1S/C16H18O2S2/c1-10-5-6-14(7-11(10)2)20(18)9-16(17)15-8-12(3)19-13(15)4/h5-8H,9H2,1-4H3. The first-order chi connectivity index (χ1) is 9.38. The van der Waals surface area contributed by atoms with Crippen LogP contribution in [0.1, 0.15) is 31.2 Å². The molecular weight excluding hydrogens is 288 g/mol. The zero-order valence-electron chi connectivity index (χ0n) is 12.1. The molecule has 1 unspecified atom stereocenters. The second-order valence-electron chi connectivity index (χ2n) is 4.99. The molecule has 0 spiro atoms. The maximum absolute atomic E-state index is 12.3. The summed E-state index contributed by atoms with van der Waals surface area (Å²) >= 11 is 1.61. The van der Waals surface area contributed by atoms with Gasteiger partial charge >= 0.3 is 0 Å². The third-order valence-electron chi connectivity index (χ3n) is 3.34. The SMILES string of the molecule is Cc1cc(C(=O)CS(=O)c2ccc(C)c(C)c2)c(C)s1. The number of aryl methyl sites for hydroxylation is 4. The molecular formula is C16H18O2S2. The number of carbonyl (C=O) groups excluding carboxylic acids is 1. The van der Waals surface area contributed by atoms with Gasteiger partial charge in [0, 0.05) is 20.2 Å². The summed E-state index contributed by atoms with van der Waals surface area (Å²) in [5, 5.41) is 0. The highest BCUT2D eigenvalue weighted by atomic mass is 32.2. The van der Waals surface area contributed by atoms with E-state index in [2.05, 4.69) is 0 Å². The predicted molar refractivity (Wildman–Crippen MR) is 85.3 cm³/mol. The summed E-state index contributed by atoms with van der Waals surface area (Å²) < 4.78 is 12.3. The van der Waals surface area contributed by atoms with Gasteiger partial charge in [0.15, 0.2) is 5.78 Å². The number of Topliss-reactive ketones (excluding diaryl/α,β-unsaturated/α-hetero) is 1. The first kappa shape index (κ1) is 15.1. The lowest BCUT2D eigenvalue weighted by atomic mass is 10.1. The highest BCUT2D eigenvalue weighted by Gasteiger charge is 2.16. The van der Waals surface area contributed by atoms with Crippen molar-refractivity contribution in [1.29, 1.82) is 0 Å². The molecule has 20 heavy (non-hydrogen) atoms.